The molecule has 1 saturated carbocycles. The first-order chi connectivity index (χ1) is 8.41. The number of hydrogen-bond acceptors (Lipinski definition) is 4. The van der Waals surface area contributed by atoms with E-state index in [1.807, 2.05) is 0 Å². The second kappa shape index (κ2) is 4.58. The van der Waals surface area contributed by atoms with Gasteiger partial charge in [0.2, 0.25) is 10.0 Å². The Bertz CT molecular complexity index is 579. The molecule has 1 aromatic rings. The van der Waals surface area contributed by atoms with Crippen LogP contribution < -0.4 is 15.2 Å². The van der Waals surface area contributed by atoms with Crippen molar-refractivity contribution in [3.8, 4) is 5.75 Å². The highest BCUT2D eigenvalue weighted by atomic mass is 32.2. The molecule has 0 bridgehead atoms. The monoisotopic (exact) mass is 270 g/mol. The predicted octanol–water partition coefficient (Wildman–Crippen LogP) is 0.235. The summed E-state index contributed by atoms with van der Waals surface area (Å²) in [6, 6.07) is 4.09. The van der Waals surface area contributed by atoms with Crippen molar-refractivity contribution in [3.63, 3.8) is 0 Å². The topological polar surface area (TPSA) is 98.5 Å². The van der Waals surface area contributed by atoms with Crippen LogP contribution in [0.3, 0.4) is 0 Å². The second-order valence-electron chi connectivity index (χ2n) is 4.10. The summed E-state index contributed by atoms with van der Waals surface area (Å²) in [6.07, 6.45) is 1.79. The molecule has 0 aliphatic heterocycles. The molecule has 1 aliphatic rings. The van der Waals surface area contributed by atoms with E-state index in [1.54, 1.807) is 0 Å². The number of benzene rings is 1. The van der Waals surface area contributed by atoms with E-state index in [0.29, 0.717) is 5.56 Å². The molecule has 3 N–H and O–H groups in total. The molecule has 2 rings (SSSR count). The first kappa shape index (κ1) is 12.8. The van der Waals surface area contributed by atoms with Crippen molar-refractivity contribution in [3.05, 3.63) is 23.8 Å². The maximum absolute atomic E-state index is 11.5. The fourth-order valence-corrected chi connectivity index (χ4v) is 2.13. The number of sulfonamides is 1. The Kier molecular flexibility index (Phi) is 3.27. The van der Waals surface area contributed by atoms with Gasteiger partial charge in [0.1, 0.15) is 10.6 Å². The molecule has 1 amide bonds. The molecular weight excluding hydrogens is 256 g/mol. The summed E-state index contributed by atoms with van der Waals surface area (Å²) >= 11 is 0. The maximum atomic E-state index is 11.5. The van der Waals surface area contributed by atoms with Crippen LogP contribution in [0.4, 0.5) is 0 Å². The highest BCUT2D eigenvalue weighted by Crippen LogP contribution is 2.31. The highest BCUT2D eigenvalue weighted by Gasteiger charge is 2.27. The molecule has 0 saturated heterocycles. The largest absolute Gasteiger partial charge is 0.489 e. The van der Waals surface area contributed by atoms with Crippen LogP contribution in [0.15, 0.2) is 23.1 Å². The molecule has 7 heteroatoms. The molecule has 98 valence electrons. The van der Waals surface area contributed by atoms with Crippen LogP contribution in [0.5, 0.6) is 5.75 Å². The lowest BCUT2D eigenvalue weighted by Crippen LogP contribution is -2.19. The minimum atomic E-state index is -3.86. The van der Waals surface area contributed by atoms with E-state index in [4.69, 9.17) is 9.88 Å². The Balaban J connectivity index is 2.44. The first-order valence-electron chi connectivity index (χ1n) is 5.47. The second-order valence-corrected chi connectivity index (χ2v) is 5.63. The highest BCUT2D eigenvalue weighted by molar-refractivity contribution is 7.89. The Labute approximate surface area is 105 Å². The van der Waals surface area contributed by atoms with E-state index in [2.05, 4.69) is 5.32 Å². The number of hydrogen-bond donors (Lipinski definition) is 2. The van der Waals surface area contributed by atoms with Crippen molar-refractivity contribution in [2.45, 2.75) is 23.8 Å². The van der Waals surface area contributed by atoms with Gasteiger partial charge in [-0.1, -0.05) is 0 Å². The number of nitrogens with two attached hydrogens (primary N) is 1. The van der Waals surface area contributed by atoms with E-state index < -0.39 is 10.0 Å². The quantitative estimate of drug-likeness (QED) is 0.818. The summed E-state index contributed by atoms with van der Waals surface area (Å²) in [5.74, 6) is -0.169. The van der Waals surface area contributed by atoms with Crippen molar-refractivity contribution < 1.29 is 17.9 Å². The fraction of sp³-hybridized carbons (Fsp3) is 0.364. The summed E-state index contributed by atoms with van der Waals surface area (Å²) in [5.41, 5.74) is 0.334. The van der Waals surface area contributed by atoms with Gasteiger partial charge in [-0.15, -0.1) is 0 Å². The zero-order valence-corrected chi connectivity index (χ0v) is 10.7. The van der Waals surface area contributed by atoms with Crippen LogP contribution in [0.2, 0.25) is 0 Å². The number of carbonyl (C=O) groups is 1. The van der Waals surface area contributed by atoms with Crippen LogP contribution in [-0.2, 0) is 10.0 Å². The van der Waals surface area contributed by atoms with Crippen molar-refractivity contribution in [2.24, 2.45) is 5.14 Å². The number of primary sulfonamides is 1. The molecule has 18 heavy (non-hydrogen) atoms. The zero-order chi connectivity index (χ0) is 13.3. The lowest BCUT2D eigenvalue weighted by atomic mass is 10.2. The van der Waals surface area contributed by atoms with Crippen LogP contribution in [0.1, 0.15) is 23.2 Å². The Morgan fingerprint density at radius 1 is 1.44 bits per heavy atom. The predicted molar refractivity (Wildman–Crippen MR) is 64.9 cm³/mol. The van der Waals surface area contributed by atoms with Gasteiger partial charge in [0.15, 0.2) is 0 Å². The Morgan fingerprint density at radius 2 is 2.11 bits per heavy atom. The average Bonchev–Trinajstić information content (AvgIpc) is 3.10. The van der Waals surface area contributed by atoms with Gasteiger partial charge in [-0.25, -0.2) is 13.6 Å². The lowest BCUT2D eigenvalue weighted by Gasteiger charge is -2.11. The summed E-state index contributed by atoms with van der Waals surface area (Å²) in [5, 5.41) is 7.56. The fourth-order valence-electron chi connectivity index (χ4n) is 1.49. The number of nitrogens with one attached hydrogen (secondary N) is 1. The first-order valence-corrected chi connectivity index (χ1v) is 7.02. The number of ether oxygens (including phenoxy) is 1. The van der Waals surface area contributed by atoms with Crippen LogP contribution in [0.25, 0.3) is 0 Å². The summed E-state index contributed by atoms with van der Waals surface area (Å²) in [7, 11) is -2.36. The molecular formula is C11H14N2O4S. The smallest absolute Gasteiger partial charge is 0.251 e. The van der Waals surface area contributed by atoms with E-state index >= 15 is 0 Å². The van der Waals surface area contributed by atoms with Gasteiger partial charge in [0.05, 0.1) is 6.10 Å². The maximum Gasteiger partial charge on any atom is 0.251 e. The van der Waals surface area contributed by atoms with Crippen molar-refractivity contribution >= 4 is 15.9 Å². The summed E-state index contributed by atoms with van der Waals surface area (Å²) in [4.78, 5) is 11.4. The molecule has 0 aromatic heterocycles. The van der Waals surface area contributed by atoms with Gasteiger partial charge in [-0.3, -0.25) is 4.79 Å². The molecule has 0 heterocycles. The van der Waals surface area contributed by atoms with Crippen LogP contribution in [-0.4, -0.2) is 27.5 Å². The minimum Gasteiger partial charge on any atom is -0.489 e. The third kappa shape index (κ3) is 2.80. The summed E-state index contributed by atoms with van der Waals surface area (Å²) in [6.45, 7) is 0. The standard InChI is InChI=1S/C11H14N2O4S/c1-13-11(14)7-2-5-10(18(12,15)16)9(6-7)17-8-3-4-8/h2,5-6,8H,3-4H2,1H3,(H,13,14)(H2,12,15,16). The molecule has 0 unspecified atom stereocenters. The number of rotatable bonds is 4. The Morgan fingerprint density at radius 3 is 2.61 bits per heavy atom. The van der Waals surface area contributed by atoms with Crippen LogP contribution >= 0.6 is 0 Å². The SMILES string of the molecule is CNC(=O)c1ccc(S(N)(=O)=O)c(OC2CC2)c1. The van der Waals surface area contributed by atoms with E-state index in [-0.39, 0.29) is 22.7 Å². The molecule has 1 aromatic carbocycles. The molecule has 0 radical (unpaired) electrons. The van der Waals surface area contributed by atoms with E-state index in [1.165, 1.54) is 25.2 Å². The molecule has 6 nitrogen and oxygen atoms in total. The zero-order valence-electron chi connectivity index (χ0n) is 9.84. The normalized spacial score (nSPS) is 15.2. The molecule has 1 fully saturated rings. The summed E-state index contributed by atoms with van der Waals surface area (Å²) < 4.78 is 28.3. The average molecular weight is 270 g/mol. The van der Waals surface area contributed by atoms with Gasteiger partial charge in [-0.05, 0) is 31.0 Å². The van der Waals surface area contributed by atoms with Crippen molar-refractivity contribution in [1.82, 2.24) is 5.32 Å². The third-order valence-corrected chi connectivity index (χ3v) is 3.51. The van der Waals surface area contributed by atoms with Crippen LogP contribution in [0, 0.1) is 0 Å². The Hall–Kier alpha value is -1.60. The van der Waals surface area contributed by atoms with Gasteiger partial charge in [0, 0.05) is 12.6 Å². The van der Waals surface area contributed by atoms with Gasteiger partial charge >= 0.3 is 0 Å². The van der Waals surface area contributed by atoms with E-state index in [9.17, 15) is 13.2 Å². The number of carbonyl (C=O) groups excluding carboxylic acids is 1. The minimum absolute atomic E-state index is 0.0189. The van der Waals surface area contributed by atoms with Gasteiger partial charge in [-0.2, -0.15) is 0 Å². The molecule has 0 atom stereocenters. The number of amides is 1. The third-order valence-electron chi connectivity index (χ3n) is 2.56. The van der Waals surface area contributed by atoms with Crippen molar-refractivity contribution in [2.75, 3.05) is 7.05 Å². The van der Waals surface area contributed by atoms with E-state index in [0.717, 1.165) is 12.8 Å². The van der Waals surface area contributed by atoms with Crippen molar-refractivity contribution in [1.29, 1.82) is 0 Å². The van der Waals surface area contributed by atoms with Gasteiger partial charge < -0.3 is 10.1 Å². The molecule has 1 aliphatic carbocycles. The lowest BCUT2D eigenvalue weighted by molar-refractivity contribution is 0.0962. The molecule has 0 spiro atoms. The van der Waals surface area contributed by atoms with Gasteiger partial charge in [0.25, 0.3) is 5.91 Å².